The molecule has 1 fully saturated rings. The third-order valence-corrected chi connectivity index (χ3v) is 3.33. The van der Waals surface area contributed by atoms with Gasteiger partial charge in [-0.05, 0) is 13.8 Å². The fourth-order valence-electron chi connectivity index (χ4n) is 2.12. The van der Waals surface area contributed by atoms with Crippen molar-refractivity contribution in [3.8, 4) is 0 Å². The molecule has 2 N–H and O–H groups in total. The maximum Gasteiger partial charge on any atom is 0.307 e. The predicted molar refractivity (Wildman–Crippen MR) is 75.1 cm³/mol. The number of hydrogen-bond donors (Lipinski definition) is 1. The molecule has 1 aliphatic rings. The molecule has 1 aliphatic heterocycles. The highest BCUT2D eigenvalue weighted by atomic mass is 35.5. The van der Waals surface area contributed by atoms with Crippen molar-refractivity contribution < 1.29 is 14.3 Å². The molecule has 0 radical (unpaired) electrons. The van der Waals surface area contributed by atoms with E-state index >= 15 is 0 Å². The summed E-state index contributed by atoms with van der Waals surface area (Å²) in [5.41, 5.74) is 5.58. The quantitative estimate of drug-likeness (QED) is 0.730. The van der Waals surface area contributed by atoms with E-state index < -0.39 is 6.04 Å². The Bertz CT molecular complexity index is 305. The largest absolute Gasteiger partial charge is 0.469 e. The van der Waals surface area contributed by atoms with Gasteiger partial charge in [0.15, 0.2) is 0 Å². The fraction of sp³-hybridized carbons (Fsp3) is 0.833. The van der Waals surface area contributed by atoms with E-state index in [0.29, 0.717) is 19.5 Å². The van der Waals surface area contributed by atoms with Gasteiger partial charge in [0.2, 0.25) is 5.91 Å². The van der Waals surface area contributed by atoms with Crippen LogP contribution in [0.2, 0.25) is 0 Å². The minimum Gasteiger partial charge on any atom is -0.469 e. The lowest BCUT2D eigenvalue weighted by Gasteiger charge is -2.38. The normalized spacial score (nSPS) is 19.3. The summed E-state index contributed by atoms with van der Waals surface area (Å²) < 4.78 is 4.66. The van der Waals surface area contributed by atoms with Crippen molar-refractivity contribution in [2.45, 2.75) is 32.4 Å². The molecule has 1 amide bonds. The van der Waals surface area contributed by atoms with E-state index in [1.807, 2.05) is 6.92 Å². The zero-order valence-electron chi connectivity index (χ0n) is 11.8. The van der Waals surface area contributed by atoms with E-state index in [-0.39, 0.29) is 30.3 Å². The summed E-state index contributed by atoms with van der Waals surface area (Å²) in [5, 5.41) is 0. The van der Waals surface area contributed by atoms with Gasteiger partial charge in [-0.15, -0.1) is 12.4 Å². The first-order chi connectivity index (χ1) is 8.45. The monoisotopic (exact) mass is 293 g/mol. The number of carbonyl (C=O) groups is 2. The summed E-state index contributed by atoms with van der Waals surface area (Å²) in [6, 6.07) is -0.297. The zero-order chi connectivity index (χ0) is 13.7. The molecule has 1 saturated heterocycles. The summed E-state index contributed by atoms with van der Waals surface area (Å²) in [5.74, 6) is -0.202. The summed E-state index contributed by atoms with van der Waals surface area (Å²) >= 11 is 0. The van der Waals surface area contributed by atoms with E-state index in [1.165, 1.54) is 7.11 Å². The van der Waals surface area contributed by atoms with Crippen molar-refractivity contribution in [3.05, 3.63) is 0 Å². The minimum atomic E-state index is -0.441. The average molecular weight is 294 g/mol. The zero-order valence-corrected chi connectivity index (χ0v) is 12.6. The summed E-state index contributed by atoms with van der Waals surface area (Å²) in [6.07, 6.45) is 0.387. The van der Waals surface area contributed by atoms with Crippen molar-refractivity contribution in [1.29, 1.82) is 0 Å². The van der Waals surface area contributed by atoms with E-state index in [0.717, 1.165) is 13.1 Å². The number of rotatable bonds is 4. The van der Waals surface area contributed by atoms with Crippen LogP contribution in [0.3, 0.4) is 0 Å². The number of esters is 1. The lowest BCUT2D eigenvalue weighted by Crippen LogP contribution is -2.54. The standard InChI is InChI=1S/C12H23N3O3.ClH/c1-9(8-11(16)18-3)14-4-6-15(7-5-14)12(17)10(2)13;/h9-10H,4-8,13H2,1-3H3;1H/t9?,10-;/m1./s1. The van der Waals surface area contributed by atoms with Crippen LogP contribution in [0, 0.1) is 0 Å². The molecular formula is C12H24ClN3O3. The van der Waals surface area contributed by atoms with Gasteiger partial charge in [-0.3, -0.25) is 14.5 Å². The Hall–Kier alpha value is -0.850. The van der Waals surface area contributed by atoms with E-state index in [9.17, 15) is 9.59 Å². The van der Waals surface area contributed by atoms with Gasteiger partial charge in [0.05, 0.1) is 19.6 Å². The van der Waals surface area contributed by atoms with Gasteiger partial charge in [0.25, 0.3) is 0 Å². The van der Waals surface area contributed by atoms with Crippen LogP contribution in [0.1, 0.15) is 20.3 Å². The van der Waals surface area contributed by atoms with Crippen molar-refractivity contribution in [2.24, 2.45) is 5.73 Å². The third-order valence-electron chi connectivity index (χ3n) is 3.33. The third kappa shape index (κ3) is 5.34. The molecule has 1 rings (SSSR count). The van der Waals surface area contributed by atoms with Crippen LogP contribution in [-0.4, -0.2) is 67.0 Å². The molecule has 0 saturated carbocycles. The number of nitrogens with two attached hydrogens (primary N) is 1. The number of amides is 1. The molecule has 7 heteroatoms. The SMILES string of the molecule is COC(=O)CC(C)N1CCN(C(=O)[C@@H](C)N)CC1.Cl. The van der Waals surface area contributed by atoms with Gasteiger partial charge in [-0.25, -0.2) is 0 Å². The van der Waals surface area contributed by atoms with Crippen LogP contribution in [0.25, 0.3) is 0 Å². The van der Waals surface area contributed by atoms with Gasteiger partial charge in [0, 0.05) is 32.2 Å². The number of ether oxygens (including phenoxy) is 1. The maximum atomic E-state index is 11.7. The summed E-state index contributed by atoms with van der Waals surface area (Å²) in [6.45, 7) is 6.60. The molecule has 0 aromatic rings. The molecule has 1 heterocycles. The fourth-order valence-corrected chi connectivity index (χ4v) is 2.12. The van der Waals surface area contributed by atoms with Crippen molar-refractivity contribution >= 4 is 24.3 Å². The smallest absolute Gasteiger partial charge is 0.307 e. The first-order valence-corrected chi connectivity index (χ1v) is 6.31. The van der Waals surface area contributed by atoms with Crippen LogP contribution in [0.4, 0.5) is 0 Å². The van der Waals surface area contributed by atoms with Gasteiger partial charge in [0.1, 0.15) is 0 Å². The lowest BCUT2D eigenvalue weighted by molar-refractivity contribution is -0.143. The molecule has 0 aliphatic carbocycles. The average Bonchev–Trinajstić information content (AvgIpc) is 2.37. The highest BCUT2D eigenvalue weighted by molar-refractivity contribution is 5.85. The molecule has 19 heavy (non-hydrogen) atoms. The highest BCUT2D eigenvalue weighted by Gasteiger charge is 2.26. The van der Waals surface area contributed by atoms with Gasteiger partial charge in [-0.1, -0.05) is 0 Å². The molecule has 0 bridgehead atoms. The van der Waals surface area contributed by atoms with Crippen LogP contribution in [0.5, 0.6) is 0 Å². The molecule has 6 nitrogen and oxygen atoms in total. The first kappa shape index (κ1) is 18.1. The molecule has 2 atom stereocenters. The second-order valence-electron chi connectivity index (χ2n) is 4.78. The molecule has 0 aromatic heterocycles. The van der Waals surface area contributed by atoms with Crippen molar-refractivity contribution in [2.75, 3.05) is 33.3 Å². The van der Waals surface area contributed by atoms with Crippen LogP contribution < -0.4 is 5.73 Å². The number of methoxy groups -OCH3 is 1. The van der Waals surface area contributed by atoms with Crippen molar-refractivity contribution in [1.82, 2.24) is 9.80 Å². The van der Waals surface area contributed by atoms with E-state index in [4.69, 9.17) is 5.73 Å². The Morgan fingerprint density at radius 2 is 1.74 bits per heavy atom. The van der Waals surface area contributed by atoms with Gasteiger partial charge < -0.3 is 15.4 Å². The summed E-state index contributed by atoms with van der Waals surface area (Å²) in [4.78, 5) is 26.9. The first-order valence-electron chi connectivity index (χ1n) is 6.31. The Balaban J connectivity index is 0.00000324. The lowest BCUT2D eigenvalue weighted by atomic mass is 10.1. The number of nitrogens with zero attached hydrogens (tertiary/aromatic N) is 2. The second-order valence-corrected chi connectivity index (χ2v) is 4.78. The Labute approximate surface area is 120 Å². The predicted octanol–water partition coefficient (Wildman–Crippen LogP) is -0.149. The Kier molecular flexibility index (Phi) is 7.97. The molecule has 112 valence electrons. The van der Waals surface area contributed by atoms with Crippen molar-refractivity contribution in [3.63, 3.8) is 0 Å². The highest BCUT2D eigenvalue weighted by Crippen LogP contribution is 2.10. The van der Waals surface area contributed by atoms with Crippen LogP contribution >= 0.6 is 12.4 Å². The molecular weight excluding hydrogens is 270 g/mol. The number of hydrogen-bond acceptors (Lipinski definition) is 5. The molecule has 0 aromatic carbocycles. The van der Waals surface area contributed by atoms with E-state index in [1.54, 1.807) is 11.8 Å². The topological polar surface area (TPSA) is 75.9 Å². The van der Waals surface area contributed by atoms with Crippen LogP contribution in [-0.2, 0) is 14.3 Å². The van der Waals surface area contributed by atoms with E-state index in [2.05, 4.69) is 9.64 Å². The number of carbonyl (C=O) groups excluding carboxylic acids is 2. The maximum absolute atomic E-state index is 11.7. The van der Waals surface area contributed by atoms with Crippen LogP contribution in [0.15, 0.2) is 0 Å². The summed E-state index contributed by atoms with van der Waals surface area (Å²) in [7, 11) is 1.40. The molecule has 0 spiro atoms. The molecule has 1 unspecified atom stereocenters. The minimum absolute atomic E-state index is 0. The number of piperazine rings is 1. The Morgan fingerprint density at radius 3 is 2.16 bits per heavy atom. The number of halogens is 1. The Morgan fingerprint density at radius 1 is 1.21 bits per heavy atom. The van der Waals surface area contributed by atoms with Gasteiger partial charge in [-0.2, -0.15) is 0 Å². The second kappa shape index (κ2) is 8.35. The van der Waals surface area contributed by atoms with Gasteiger partial charge >= 0.3 is 5.97 Å².